The van der Waals surface area contributed by atoms with Gasteiger partial charge in [0.15, 0.2) is 0 Å². The number of benzene rings is 1. The summed E-state index contributed by atoms with van der Waals surface area (Å²) < 4.78 is 53.0. The maximum Gasteiger partial charge on any atom is 0.321 e. The lowest BCUT2D eigenvalue weighted by molar-refractivity contribution is -0.121. The predicted molar refractivity (Wildman–Crippen MR) is 98.0 cm³/mol. The molecule has 1 fully saturated rings. The second kappa shape index (κ2) is 8.50. The Morgan fingerprint density at radius 2 is 1.71 bits per heavy atom. The van der Waals surface area contributed by atoms with Gasteiger partial charge in [-0.25, -0.2) is 22.0 Å². The van der Waals surface area contributed by atoms with Crippen molar-refractivity contribution >= 4 is 22.0 Å². The topological polar surface area (TPSA) is 98.8 Å². The molecule has 28 heavy (non-hydrogen) atoms. The van der Waals surface area contributed by atoms with E-state index in [2.05, 4.69) is 10.6 Å². The lowest BCUT2D eigenvalue weighted by Gasteiger charge is -2.33. The quantitative estimate of drug-likeness (QED) is 0.757. The third-order valence-corrected chi connectivity index (χ3v) is 5.88. The Morgan fingerprint density at radius 3 is 2.25 bits per heavy atom. The van der Waals surface area contributed by atoms with Crippen molar-refractivity contribution in [2.45, 2.75) is 31.2 Å². The van der Waals surface area contributed by atoms with Crippen LogP contribution in [0.25, 0.3) is 0 Å². The van der Waals surface area contributed by atoms with Crippen molar-refractivity contribution in [1.29, 1.82) is 0 Å². The average Bonchev–Trinajstić information content (AvgIpc) is 2.52. The summed E-state index contributed by atoms with van der Waals surface area (Å²) in [5.74, 6) is -2.52. The highest BCUT2D eigenvalue weighted by Gasteiger charge is 2.31. The molecule has 0 atom stereocenters. The van der Waals surface area contributed by atoms with E-state index in [-0.39, 0.29) is 32.7 Å². The molecule has 156 valence electrons. The number of nitrogens with one attached hydrogen (secondary N) is 2. The van der Waals surface area contributed by atoms with Gasteiger partial charge in [0.2, 0.25) is 15.9 Å². The van der Waals surface area contributed by atoms with E-state index in [1.54, 1.807) is 25.7 Å². The van der Waals surface area contributed by atoms with Crippen molar-refractivity contribution in [1.82, 2.24) is 19.8 Å². The highest BCUT2D eigenvalue weighted by molar-refractivity contribution is 7.89. The monoisotopic (exact) mass is 418 g/mol. The van der Waals surface area contributed by atoms with Crippen LogP contribution in [-0.2, 0) is 14.8 Å². The normalized spacial score (nSPS) is 16.6. The molecule has 0 bridgehead atoms. The number of nitrogens with zero attached hydrogens (tertiary/aromatic N) is 2. The number of hydrogen-bond donors (Lipinski definition) is 2. The molecule has 0 radical (unpaired) electrons. The average molecular weight is 418 g/mol. The van der Waals surface area contributed by atoms with Crippen molar-refractivity contribution in [3.63, 3.8) is 0 Å². The Kier molecular flexibility index (Phi) is 6.73. The summed E-state index contributed by atoms with van der Waals surface area (Å²) in [5, 5.41) is 4.82. The van der Waals surface area contributed by atoms with Crippen molar-refractivity contribution < 1.29 is 26.8 Å². The summed E-state index contributed by atoms with van der Waals surface area (Å²) in [5.41, 5.74) is -0.486. The Hall–Kier alpha value is -2.11. The van der Waals surface area contributed by atoms with Gasteiger partial charge in [-0.2, -0.15) is 4.31 Å². The van der Waals surface area contributed by atoms with Crippen molar-refractivity contribution in [3.05, 3.63) is 29.8 Å². The first-order valence-electron chi connectivity index (χ1n) is 8.68. The number of piperazine rings is 1. The van der Waals surface area contributed by atoms with Gasteiger partial charge in [0.1, 0.15) is 16.5 Å². The van der Waals surface area contributed by atoms with Crippen LogP contribution in [0.5, 0.6) is 0 Å². The van der Waals surface area contributed by atoms with Crippen LogP contribution < -0.4 is 10.6 Å². The fourth-order valence-corrected chi connectivity index (χ4v) is 4.16. The van der Waals surface area contributed by atoms with Crippen LogP contribution in [0.15, 0.2) is 23.1 Å². The molecule has 0 spiro atoms. The number of carbonyl (C=O) groups excluding carboxylic acids is 2. The van der Waals surface area contributed by atoms with Gasteiger partial charge in [-0.05, 0) is 32.9 Å². The first-order valence-corrected chi connectivity index (χ1v) is 10.1. The van der Waals surface area contributed by atoms with E-state index >= 15 is 0 Å². The van der Waals surface area contributed by atoms with Crippen LogP contribution in [0.1, 0.15) is 20.8 Å². The minimum atomic E-state index is -4.10. The molecular weight excluding hydrogens is 394 g/mol. The standard InChI is InChI=1S/C17H24F2N4O4S/c1-17(2,3)21-16(25)20-15(24)11-22-6-8-23(9-7-22)28(26,27)14-5-4-12(18)10-13(14)19/h4-5,10H,6-9,11H2,1-3H3,(H2,20,21,24,25). The van der Waals surface area contributed by atoms with Gasteiger partial charge in [-0.3, -0.25) is 15.0 Å². The minimum Gasteiger partial charge on any atom is -0.333 e. The molecule has 1 aromatic carbocycles. The molecule has 11 heteroatoms. The van der Waals surface area contributed by atoms with E-state index in [1.807, 2.05) is 0 Å². The summed E-state index contributed by atoms with van der Waals surface area (Å²) in [6.45, 7) is 5.81. The van der Waals surface area contributed by atoms with Gasteiger partial charge in [-0.15, -0.1) is 0 Å². The Balaban J connectivity index is 1.90. The van der Waals surface area contributed by atoms with Crippen molar-refractivity contribution in [2.75, 3.05) is 32.7 Å². The van der Waals surface area contributed by atoms with E-state index in [1.165, 1.54) is 0 Å². The Labute approximate surface area is 162 Å². The van der Waals surface area contributed by atoms with Gasteiger partial charge >= 0.3 is 6.03 Å². The van der Waals surface area contributed by atoms with Crippen molar-refractivity contribution in [3.8, 4) is 0 Å². The second-order valence-electron chi connectivity index (χ2n) is 7.51. The summed E-state index contributed by atoms with van der Waals surface area (Å²) >= 11 is 0. The molecule has 1 aromatic rings. The van der Waals surface area contributed by atoms with E-state index in [0.29, 0.717) is 6.07 Å². The molecule has 2 rings (SSSR count). The molecule has 0 aliphatic carbocycles. The first-order chi connectivity index (χ1) is 12.9. The molecule has 0 unspecified atom stereocenters. The van der Waals surface area contributed by atoms with Crippen LogP contribution in [0, 0.1) is 11.6 Å². The number of hydrogen-bond acceptors (Lipinski definition) is 5. The summed E-state index contributed by atoms with van der Waals surface area (Å²) in [6, 6.07) is 1.70. The molecule has 0 saturated carbocycles. The zero-order valence-electron chi connectivity index (χ0n) is 16.0. The lowest BCUT2D eigenvalue weighted by atomic mass is 10.1. The van der Waals surface area contributed by atoms with Crippen LogP contribution in [0.4, 0.5) is 13.6 Å². The Bertz CT molecular complexity index is 847. The van der Waals surface area contributed by atoms with Crippen LogP contribution in [0.2, 0.25) is 0 Å². The van der Waals surface area contributed by atoms with Crippen molar-refractivity contribution in [2.24, 2.45) is 0 Å². The van der Waals surface area contributed by atoms with Gasteiger partial charge in [0.25, 0.3) is 0 Å². The Morgan fingerprint density at radius 1 is 1.11 bits per heavy atom. The number of rotatable bonds is 4. The second-order valence-corrected chi connectivity index (χ2v) is 9.41. The van der Waals surface area contributed by atoms with Gasteiger partial charge in [-0.1, -0.05) is 0 Å². The maximum atomic E-state index is 13.8. The molecule has 8 nitrogen and oxygen atoms in total. The SMILES string of the molecule is CC(C)(C)NC(=O)NC(=O)CN1CCN(S(=O)(=O)c2ccc(F)cc2F)CC1. The molecule has 1 saturated heterocycles. The zero-order valence-corrected chi connectivity index (χ0v) is 16.8. The van der Waals surface area contributed by atoms with Crippen LogP contribution in [-0.4, -0.2) is 67.8 Å². The third-order valence-electron chi connectivity index (χ3n) is 3.95. The number of sulfonamides is 1. The third kappa shape index (κ3) is 5.94. The number of imide groups is 1. The van der Waals surface area contributed by atoms with E-state index in [0.717, 1.165) is 16.4 Å². The molecule has 1 heterocycles. The summed E-state index contributed by atoms with van der Waals surface area (Å²) in [7, 11) is -4.10. The van der Waals surface area contributed by atoms with E-state index in [9.17, 15) is 26.8 Å². The first kappa shape index (κ1) is 22.2. The number of amides is 3. The molecule has 2 N–H and O–H groups in total. The summed E-state index contributed by atoms with van der Waals surface area (Å²) in [6.07, 6.45) is 0. The molecule has 1 aliphatic rings. The highest BCUT2D eigenvalue weighted by atomic mass is 32.2. The van der Waals surface area contributed by atoms with E-state index < -0.39 is 44.0 Å². The van der Waals surface area contributed by atoms with E-state index in [4.69, 9.17) is 0 Å². The predicted octanol–water partition coefficient (Wildman–Crippen LogP) is 0.895. The van der Waals surface area contributed by atoms with Gasteiger partial charge in [0, 0.05) is 37.8 Å². The van der Waals surface area contributed by atoms with Gasteiger partial charge in [0.05, 0.1) is 6.54 Å². The van der Waals surface area contributed by atoms with Gasteiger partial charge < -0.3 is 5.32 Å². The zero-order chi connectivity index (χ0) is 21.1. The minimum absolute atomic E-state index is 0.0423. The van der Waals surface area contributed by atoms with Crippen LogP contribution >= 0.6 is 0 Å². The smallest absolute Gasteiger partial charge is 0.321 e. The van der Waals surface area contributed by atoms with Crippen LogP contribution in [0.3, 0.4) is 0 Å². The molecular formula is C17H24F2N4O4S. The fraction of sp³-hybridized carbons (Fsp3) is 0.529. The highest BCUT2D eigenvalue weighted by Crippen LogP contribution is 2.21. The molecule has 1 aliphatic heterocycles. The number of halogens is 2. The number of urea groups is 1. The number of carbonyl (C=O) groups is 2. The largest absolute Gasteiger partial charge is 0.333 e. The molecule has 3 amide bonds. The lowest BCUT2D eigenvalue weighted by Crippen LogP contribution is -2.53. The molecule has 0 aromatic heterocycles. The summed E-state index contributed by atoms with van der Waals surface area (Å²) in [4.78, 5) is 24.8. The maximum absolute atomic E-state index is 13.8. The fourth-order valence-electron chi connectivity index (χ4n) is 2.69.